The molecule has 0 heterocycles. The zero-order valence-corrected chi connectivity index (χ0v) is 10.1. The van der Waals surface area contributed by atoms with Crippen LogP contribution in [0.25, 0.3) is 0 Å². The highest BCUT2D eigenvalue weighted by Crippen LogP contribution is 2.22. The van der Waals surface area contributed by atoms with Gasteiger partial charge in [0, 0.05) is 8.81 Å². The molecule has 1 aromatic carbocycles. The molecule has 0 saturated heterocycles. The van der Waals surface area contributed by atoms with E-state index in [1.807, 2.05) is 24.3 Å². The van der Waals surface area contributed by atoms with Gasteiger partial charge in [0.25, 0.3) is 0 Å². The van der Waals surface area contributed by atoms with Crippen molar-refractivity contribution in [2.24, 2.45) is 0 Å². The highest BCUT2D eigenvalue weighted by molar-refractivity contribution is 7.42. The van der Waals surface area contributed by atoms with Crippen LogP contribution in [0.15, 0.2) is 24.3 Å². The van der Waals surface area contributed by atoms with E-state index in [2.05, 4.69) is 20.8 Å². The number of hydrogen-bond donors (Lipinski definition) is 0. The van der Waals surface area contributed by atoms with Crippen LogP contribution in [0.3, 0.4) is 0 Å². The minimum absolute atomic E-state index is 0.0711. The van der Waals surface area contributed by atoms with E-state index in [4.69, 9.17) is 9.26 Å². The third-order valence-corrected chi connectivity index (χ3v) is 2.85. The molecule has 0 aromatic heterocycles. The zero-order chi connectivity index (χ0) is 10.6. The number of ether oxygens (including phenoxy) is 1. The van der Waals surface area contributed by atoms with E-state index < -0.39 is 0 Å². The normalized spacial score (nSPS) is 12.3. The molecule has 1 rings (SSSR count). The fraction of sp³-hybridized carbons (Fsp3) is 0.455. The fourth-order valence-electron chi connectivity index (χ4n) is 0.871. The van der Waals surface area contributed by atoms with Crippen LogP contribution in [0.2, 0.25) is 0 Å². The van der Waals surface area contributed by atoms with Crippen LogP contribution >= 0.6 is 8.81 Å². The van der Waals surface area contributed by atoms with Gasteiger partial charge in [0.1, 0.15) is 5.75 Å². The van der Waals surface area contributed by atoms with Gasteiger partial charge in [-0.1, -0.05) is 0 Å². The molecule has 0 aliphatic rings. The second kappa shape index (κ2) is 4.77. The summed E-state index contributed by atoms with van der Waals surface area (Å²) in [5, 5.41) is 1.20. The molecule has 0 radical (unpaired) electrons. The van der Waals surface area contributed by atoms with Gasteiger partial charge in [0.2, 0.25) is 0 Å². The molecular weight excluding hydrogens is 195 g/mol. The lowest BCUT2D eigenvalue weighted by Gasteiger charge is -2.19. The highest BCUT2D eigenvalue weighted by atomic mass is 31.1. The molecule has 14 heavy (non-hydrogen) atoms. The predicted molar refractivity (Wildman–Crippen MR) is 61.8 cm³/mol. The summed E-state index contributed by atoms with van der Waals surface area (Å²) < 4.78 is 10.8. The summed E-state index contributed by atoms with van der Waals surface area (Å²) in [7, 11) is 2.07. The summed E-state index contributed by atoms with van der Waals surface area (Å²) >= 11 is 0. The van der Waals surface area contributed by atoms with Gasteiger partial charge in [-0.2, -0.15) is 0 Å². The molecule has 0 aliphatic heterocycles. The maximum Gasteiger partial charge on any atom is 0.118 e. The SMILES string of the molecule is COc1ccc(POC(C)(C)C)cc1. The largest absolute Gasteiger partial charge is 0.497 e. The molecule has 0 spiro atoms. The minimum Gasteiger partial charge on any atom is -0.497 e. The topological polar surface area (TPSA) is 18.5 Å². The van der Waals surface area contributed by atoms with E-state index in [1.54, 1.807) is 7.11 Å². The van der Waals surface area contributed by atoms with Gasteiger partial charge in [-0.05, 0) is 50.3 Å². The van der Waals surface area contributed by atoms with Crippen molar-refractivity contribution in [2.75, 3.05) is 7.11 Å². The zero-order valence-electron chi connectivity index (χ0n) is 9.13. The summed E-state index contributed by atoms with van der Waals surface area (Å²) in [5.74, 6) is 0.884. The first-order valence-electron chi connectivity index (χ1n) is 4.59. The minimum atomic E-state index is -0.0711. The molecule has 0 fully saturated rings. The van der Waals surface area contributed by atoms with Crippen LogP contribution in [0.4, 0.5) is 0 Å². The Morgan fingerprint density at radius 2 is 1.64 bits per heavy atom. The average molecular weight is 212 g/mol. The lowest BCUT2D eigenvalue weighted by Crippen LogP contribution is -2.15. The summed E-state index contributed by atoms with van der Waals surface area (Å²) in [6.45, 7) is 6.18. The van der Waals surface area contributed by atoms with Gasteiger partial charge in [0.05, 0.1) is 12.7 Å². The second-order valence-corrected chi connectivity index (χ2v) is 5.03. The highest BCUT2D eigenvalue weighted by Gasteiger charge is 2.09. The number of rotatable bonds is 3. The van der Waals surface area contributed by atoms with Crippen molar-refractivity contribution in [3.63, 3.8) is 0 Å². The van der Waals surface area contributed by atoms with Crippen molar-refractivity contribution in [3.05, 3.63) is 24.3 Å². The van der Waals surface area contributed by atoms with E-state index in [0.717, 1.165) is 5.75 Å². The Morgan fingerprint density at radius 1 is 1.07 bits per heavy atom. The van der Waals surface area contributed by atoms with Gasteiger partial charge in [-0.3, -0.25) is 0 Å². The van der Waals surface area contributed by atoms with Crippen molar-refractivity contribution >= 4 is 14.1 Å². The molecule has 0 bridgehead atoms. The molecule has 78 valence electrons. The van der Waals surface area contributed by atoms with Crippen molar-refractivity contribution in [1.29, 1.82) is 0 Å². The predicted octanol–water partition coefficient (Wildman–Crippen LogP) is 2.73. The first-order chi connectivity index (χ1) is 6.51. The first kappa shape index (κ1) is 11.5. The van der Waals surface area contributed by atoms with Crippen molar-refractivity contribution in [1.82, 2.24) is 0 Å². The molecule has 2 nitrogen and oxygen atoms in total. The van der Waals surface area contributed by atoms with E-state index >= 15 is 0 Å². The molecule has 1 unspecified atom stereocenters. The summed E-state index contributed by atoms with van der Waals surface area (Å²) in [5.41, 5.74) is -0.0711. The van der Waals surface area contributed by atoms with Gasteiger partial charge >= 0.3 is 0 Å². The Kier molecular flexibility index (Phi) is 3.91. The molecule has 3 heteroatoms. The van der Waals surface area contributed by atoms with Crippen molar-refractivity contribution in [2.45, 2.75) is 26.4 Å². The van der Waals surface area contributed by atoms with Gasteiger partial charge in [-0.25, -0.2) is 0 Å². The summed E-state index contributed by atoms with van der Waals surface area (Å²) in [6.07, 6.45) is 0. The molecule has 0 saturated carbocycles. The summed E-state index contributed by atoms with van der Waals surface area (Å²) in [4.78, 5) is 0. The Bertz CT molecular complexity index is 274. The maximum absolute atomic E-state index is 5.68. The molecular formula is C11H17O2P. The first-order valence-corrected chi connectivity index (χ1v) is 5.50. The third kappa shape index (κ3) is 4.08. The average Bonchev–Trinajstić information content (AvgIpc) is 2.14. The maximum atomic E-state index is 5.68. The Morgan fingerprint density at radius 3 is 2.07 bits per heavy atom. The van der Waals surface area contributed by atoms with Gasteiger partial charge in [0.15, 0.2) is 0 Å². The number of methoxy groups -OCH3 is 1. The van der Waals surface area contributed by atoms with Gasteiger partial charge < -0.3 is 9.26 Å². The van der Waals surface area contributed by atoms with E-state index in [9.17, 15) is 0 Å². The van der Waals surface area contributed by atoms with E-state index in [0.29, 0.717) is 8.81 Å². The standard InChI is InChI=1S/C11H17O2P/c1-11(2,3)13-14-10-7-5-9(12-4)6-8-10/h5-8,14H,1-4H3. The smallest absolute Gasteiger partial charge is 0.118 e. The number of benzene rings is 1. The van der Waals surface area contributed by atoms with Crippen LogP contribution < -0.4 is 10.0 Å². The molecule has 0 N–H and O–H groups in total. The quantitative estimate of drug-likeness (QED) is 0.717. The van der Waals surface area contributed by atoms with E-state index in [-0.39, 0.29) is 5.60 Å². The summed E-state index contributed by atoms with van der Waals surface area (Å²) in [6, 6.07) is 7.97. The Labute approximate surface area is 87.5 Å². The molecule has 1 aromatic rings. The molecule has 0 aliphatic carbocycles. The number of hydrogen-bond acceptors (Lipinski definition) is 2. The van der Waals surface area contributed by atoms with Crippen molar-refractivity contribution < 1.29 is 9.26 Å². The van der Waals surface area contributed by atoms with Crippen LogP contribution in [-0.2, 0) is 4.52 Å². The Hall–Kier alpha value is -0.590. The second-order valence-electron chi connectivity index (χ2n) is 4.04. The Balaban J connectivity index is 2.52. The molecule has 0 amide bonds. The van der Waals surface area contributed by atoms with Crippen LogP contribution in [0, 0.1) is 0 Å². The fourth-order valence-corrected chi connectivity index (χ4v) is 1.60. The van der Waals surface area contributed by atoms with Crippen LogP contribution in [-0.4, -0.2) is 12.7 Å². The van der Waals surface area contributed by atoms with Crippen LogP contribution in [0.5, 0.6) is 5.75 Å². The van der Waals surface area contributed by atoms with Crippen molar-refractivity contribution in [3.8, 4) is 5.75 Å². The third-order valence-electron chi connectivity index (χ3n) is 1.57. The van der Waals surface area contributed by atoms with E-state index in [1.165, 1.54) is 5.30 Å². The lowest BCUT2D eigenvalue weighted by molar-refractivity contribution is 0.159. The lowest BCUT2D eigenvalue weighted by atomic mass is 10.2. The van der Waals surface area contributed by atoms with Crippen LogP contribution in [0.1, 0.15) is 20.8 Å². The monoisotopic (exact) mass is 212 g/mol. The molecule has 1 atom stereocenters. The van der Waals surface area contributed by atoms with Gasteiger partial charge in [-0.15, -0.1) is 0 Å².